The fourth-order valence-electron chi connectivity index (χ4n) is 5.49. The maximum absolute atomic E-state index is 12.0. The van der Waals surface area contributed by atoms with Crippen LogP contribution < -0.4 is 18.9 Å². The van der Waals surface area contributed by atoms with Crippen molar-refractivity contribution >= 4 is 11.9 Å². The topological polar surface area (TPSA) is 89.5 Å². The van der Waals surface area contributed by atoms with E-state index in [1.807, 2.05) is 127 Å². The summed E-state index contributed by atoms with van der Waals surface area (Å²) in [7, 11) is 0. The highest BCUT2D eigenvalue weighted by molar-refractivity contribution is 5.81. The molecule has 0 fully saturated rings. The summed E-state index contributed by atoms with van der Waals surface area (Å²) in [6, 6.07) is 44.6. The standard InChI is InChI=1S/C44H42O8/c1-4-42(45)51-40(29-47-36-17-11-7-12-18-36)31-49-38-25-21-34(22-26-38)44(3,33-15-9-6-10-16-33)35-23-27-39(28-24-35)50-32-41(52-43(46)5-2)30-48-37-19-13-8-14-20-37/h4-28,40-41H,1-2,29-32H2,3H3. The molecule has 0 heterocycles. The summed E-state index contributed by atoms with van der Waals surface area (Å²) >= 11 is 0. The molecule has 0 amide bonds. The van der Waals surface area contributed by atoms with Crippen LogP contribution in [-0.4, -0.2) is 50.6 Å². The van der Waals surface area contributed by atoms with E-state index in [4.69, 9.17) is 28.4 Å². The quantitative estimate of drug-likeness (QED) is 0.0485. The number of hydrogen-bond donors (Lipinski definition) is 0. The fourth-order valence-corrected chi connectivity index (χ4v) is 5.49. The Morgan fingerprint density at radius 1 is 0.481 bits per heavy atom. The van der Waals surface area contributed by atoms with Crippen LogP contribution in [0.5, 0.6) is 23.0 Å². The molecule has 266 valence electrons. The van der Waals surface area contributed by atoms with Crippen molar-refractivity contribution in [3.63, 3.8) is 0 Å². The normalized spacial score (nSPS) is 12.9. The number of rotatable bonds is 19. The molecule has 2 atom stereocenters. The molecule has 0 saturated carbocycles. The van der Waals surface area contributed by atoms with Crippen molar-refractivity contribution in [3.8, 4) is 23.0 Å². The van der Waals surface area contributed by atoms with Crippen molar-refractivity contribution in [3.05, 3.63) is 182 Å². The van der Waals surface area contributed by atoms with Crippen molar-refractivity contribution in [2.45, 2.75) is 24.5 Å². The molecular weight excluding hydrogens is 656 g/mol. The van der Waals surface area contributed by atoms with Gasteiger partial charge in [0.2, 0.25) is 0 Å². The Labute approximate surface area is 304 Å². The molecule has 52 heavy (non-hydrogen) atoms. The summed E-state index contributed by atoms with van der Waals surface area (Å²) in [5.74, 6) is 1.46. The Bertz CT molecular complexity index is 1740. The molecule has 0 bridgehead atoms. The number of ether oxygens (including phenoxy) is 6. The minimum atomic E-state index is -0.651. The lowest BCUT2D eigenvalue weighted by Gasteiger charge is -2.32. The first-order chi connectivity index (χ1) is 25.4. The third kappa shape index (κ3) is 10.4. The third-order valence-corrected chi connectivity index (χ3v) is 8.34. The van der Waals surface area contributed by atoms with E-state index in [9.17, 15) is 9.59 Å². The fraction of sp³-hybridized carbons (Fsp3) is 0.182. The van der Waals surface area contributed by atoms with Gasteiger partial charge in [0, 0.05) is 17.6 Å². The number of benzene rings is 5. The second-order valence-electron chi connectivity index (χ2n) is 11.9. The molecule has 8 nitrogen and oxygen atoms in total. The van der Waals surface area contributed by atoms with Crippen LogP contribution in [0.1, 0.15) is 23.6 Å². The van der Waals surface area contributed by atoms with Crippen molar-refractivity contribution in [2.75, 3.05) is 26.4 Å². The lowest BCUT2D eigenvalue weighted by Crippen LogP contribution is -2.30. The van der Waals surface area contributed by atoms with Crippen LogP contribution in [0.4, 0.5) is 0 Å². The van der Waals surface area contributed by atoms with E-state index in [2.05, 4.69) is 32.2 Å². The van der Waals surface area contributed by atoms with E-state index in [0.29, 0.717) is 23.0 Å². The minimum absolute atomic E-state index is 0.0925. The summed E-state index contributed by atoms with van der Waals surface area (Å²) < 4.78 is 34.7. The second kappa shape index (κ2) is 18.6. The molecule has 0 aliphatic rings. The molecule has 5 aromatic rings. The van der Waals surface area contributed by atoms with Gasteiger partial charge in [0.1, 0.15) is 49.4 Å². The average Bonchev–Trinajstić information content (AvgIpc) is 3.20. The first-order valence-corrected chi connectivity index (χ1v) is 16.9. The third-order valence-electron chi connectivity index (χ3n) is 8.34. The molecule has 0 radical (unpaired) electrons. The molecule has 0 saturated heterocycles. The molecule has 8 heteroatoms. The zero-order chi connectivity index (χ0) is 36.6. The molecule has 0 spiro atoms. The van der Waals surface area contributed by atoms with Crippen LogP contribution in [0.15, 0.2) is 165 Å². The van der Waals surface area contributed by atoms with Crippen LogP contribution in [-0.2, 0) is 24.5 Å². The zero-order valence-electron chi connectivity index (χ0n) is 29.1. The first kappa shape index (κ1) is 37.0. The Kier molecular flexibility index (Phi) is 13.3. The molecule has 5 aromatic carbocycles. The summed E-state index contributed by atoms with van der Waals surface area (Å²) in [6.45, 7) is 9.59. The molecule has 0 N–H and O–H groups in total. The van der Waals surface area contributed by atoms with Crippen LogP contribution in [0, 0.1) is 0 Å². The van der Waals surface area contributed by atoms with E-state index in [1.165, 1.54) is 0 Å². The van der Waals surface area contributed by atoms with Gasteiger partial charge in [0.25, 0.3) is 0 Å². The molecule has 0 aliphatic heterocycles. The van der Waals surface area contributed by atoms with Gasteiger partial charge in [-0.3, -0.25) is 0 Å². The predicted octanol–water partition coefficient (Wildman–Crippen LogP) is 8.15. The van der Waals surface area contributed by atoms with Crippen LogP contribution in [0.2, 0.25) is 0 Å². The highest BCUT2D eigenvalue weighted by Crippen LogP contribution is 2.40. The van der Waals surface area contributed by atoms with Crippen LogP contribution >= 0.6 is 0 Å². The number of hydrogen-bond acceptors (Lipinski definition) is 8. The monoisotopic (exact) mass is 698 g/mol. The Morgan fingerprint density at radius 2 is 0.769 bits per heavy atom. The van der Waals surface area contributed by atoms with Crippen LogP contribution in [0.25, 0.3) is 0 Å². The maximum Gasteiger partial charge on any atom is 0.330 e. The number of carbonyl (C=O) groups is 2. The number of esters is 2. The lowest BCUT2D eigenvalue weighted by molar-refractivity contribution is -0.147. The Balaban J connectivity index is 1.28. The Hall–Kier alpha value is -6.28. The number of para-hydroxylation sites is 2. The van der Waals surface area contributed by atoms with Gasteiger partial charge in [-0.15, -0.1) is 0 Å². The van der Waals surface area contributed by atoms with Gasteiger partial charge in [0.15, 0.2) is 12.2 Å². The highest BCUT2D eigenvalue weighted by Gasteiger charge is 2.31. The van der Waals surface area contributed by atoms with Gasteiger partial charge in [-0.1, -0.05) is 104 Å². The summed E-state index contributed by atoms with van der Waals surface area (Å²) in [6.07, 6.45) is 0.934. The van der Waals surface area contributed by atoms with Crippen molar-refractivity contribution in [1.82, 2.24) is 0 Å². The molecular formula is C44H42O8. The predicted molar refractivity (Wildman–Crippen MR) is 200 cm³/mol. The van der Waals surface area contributed by atoms with E-state index < -0.39 is 29.6 Å². The summed E-state index contributed by atoms with van der Waals surface area (Å²) in [5, 5.41) is 0. The van der Waals surface area contributed by atoms with Gasteiger partial charge in [-0.2, -0.15) is 0 Å². The number of carbonyl (C=O) groups excluding carboxylic acids is 2. The van der Waals surface area contributed by atoms with Crippen molar-refractivity contribution in [2.24, 2.45) is 0 Å². The SMILES string of the molecule is C=CC(=O)OC(COc1ccccc1)COc1ccc(C(C)(c2ccccc2)c2ccc(OCC(COc3ccccc3)OC(=O)C=C)cc2)cc1. The average molecular weight is 699 g/mol. The van der Waals surface area contributed by atoms with E-state index in [0.717, 1.165) is 28.8 Å². The smallest absolute Gasteiger partial charge is 0.330 e. The Morgan fingerprint density at radius 3 is 1.10 bits per heavy atom. The van der Waals surface area contributed by atoms with Crippen LogP contribution in [0.3, 0.4) is 0 Å². The van der Waals surface area contributed by atoms with Gasteiger partial charge in [0.05, 0.1) is 0 Å². The molecule has 0 aromatic heterocycles. The molecule has 0 aliphatic carbocycles. The van der Waals surface area contributed by atoms with Gasteiger partial charge in [-0.25, -0.2) is 9.59 Å². The maximum atomic E-state index is 12.0. The molecule has 2 unspecified atom stereocenters. The van der Waals surface area contributed by atoms with E-state index in [1.54, 1.807) is 0 Å². The summed E-state index contributed by atoms with van der Waals surface area (Å²) in [4.78, 5) is 24.0. The van der Waals surface area contributed by atoms with Crippen molar-refractivity contribution in [1.29, 1.82) is 0 Å². The summed E-state index contributed by atoms with van der Waals surface area (Å²) in [5.41, 5.74) is 2.64. The second-order valence-corrected chi connectivity index (χ2v) is 11.9. The van der Waals surface area contributed by atoms with E-state index in [-0.39, 0.29) is 26.4 Å². The highest BCUT2D eigenvalue weighted by atomic mass is 16.6. The largest absolute Gasteiger partial charge is 0.490 e. The molecule has 5 rings (SSSR count). The first-order valence-electron chi connectivity index (χ1n) is 16.9. The zero-order valence-corrected chi connectivity index (χ0v) is 29.1. The van der Waals surface area contributed by atoms with Gasteiger partial charge < -0.3 is 28.4 Å². The van der Waals surface area contributed by atoms with E-state index >= 15 is 0 Å². The minimum Gasteiger partial charge on any atom is -0.490 e. The van der Waals surface area contributed by atoms with Gasteiger partial charge in [-0.05, 0) is 72.1 Å². The van der Waals surface area contributed by atoms with Crippen molar-refractivity contribution < 1.29 is 38.0 Å². The lowest BCUT2D eigenvalue weighted by atomic mass is 9.71. The van der Waals surface area contributed by atoms with Gasteiger partial charge >= 0.3 is 11.9 Å².